The average molecular weight is 634 g/mol. The molecule has 1 aliphatic heterocycles. The molecule has 0 radical (unpaired) electrons. The highest BCUT2D eigenvalue weighted by molar-refractivity contribution is 9.10. The first-order valence-corrected chi connectivity index (χ1v) is 14.7. The first-order valence-electron chi connectivity index (χ1n) is 13.1. The van der Waals surface area contributed by atoms with E-state index >= 15 is 0 Å². The van der Waals surface area contributed by atoms with Crippen LogP contribution in [0.4, 0.5) is 0 Å². The monoisotopic (exact) mass is 632 g/mol. The van der Waals surface area contributed by atoms with Gasteiger partial charge in [-0.1, -0.05) is 75.8 Å². The number of rotatable bonds is 8. The molecule has 3 aromatic carbocycles. The van der Waals surface area contributed by atoms with Gasteiger partial charge in [0.1, 0.15) is 24.1 Å². The highest BCUT2D eigenvalue weighted by Gasteiger charge is 2.35. The van der Waals surface area contributed by atoms with E-state index in [-0.39, 0.29) is 11.7 Å². The number of ether oxygens (including phenoxy) is 3. The Morgan fingerprint density at radius 1 is 1.07 bits per heavy atom. The molecule has 1 aliphatic rings. The molecule has 0 bridgehead atoms. The Balaban J connectivity index is 1.65. The maximum absolute atomic E-state index is 14.1. The number of hydrogen-bond acceptors (Lipinski definition) is 7. The molecule has 0 N–H and O–H groups in total. The quantitative estimate of drug-likeness (QED) is 0.238. The van der Waals surface area contributed by atoms with Crippen molar-refractivity contribution in [1.29, 1.82) is 0 Å². The van der Waals surface area contributed by atoms with Gasteiger partial charge in [-0.2, -0.15) is 0 Å². The SMILES string of the molecule is COc1ccc(Br)cc1[C@H]1C(C(=O)OC(C)C)=C(C)N=c2s/c(=C\c3ccccc3OCc3ccccc3)c(=O)n21. The molecular weight excluding hydrogens is 604 g/mol. The Kier molecular flexibility index (Phi) is 8.56. The number of hydrogen-bond donors (Lipinski definition) is 0. The molecule has 41 heavy (non-hydrogen) atoms. The lowest BCUT2D eigenvalue weighted by molar-refractivity contribution is -0.143. The van der Waals surface area contributed by atoms with Gasteiger partial charge in [0.15, 0.2) is 4.80 Å². The summed E-state index contributed by atoms with van der Waals surface area (Å²) in [4.78, 5) is 32.7. The maximum atomic E-state index is 14.1. The van der Waals surface area contributed by atoms with Crippen molar-refractivity contribution in [2.45, 2.75) is 39.5 Å². The minimum Gasteiger partial charge on any atom is -0.496 e. The number of carbonyl (C=O) groups excluding carboxylic acids is 1. The molecule has 0 spiro atoms. The van der Waals surface area contributed by atoms with E-state index in [0.717, 1.165) is 15.6 Å². The number of carbonyl (C=O) groups is 1. The molecular formula is C32H29BrN2O5S. The normalized spacial score (nSPS) is 15.0. The molecule has 2 heterocycles. The van der Waals surface area contributed by atoms with Gasteiger partial charge in [0, 0.05) is 15.6 Å². The van der Waals surface area contributed by atoms with Gasteiger partial charge in [-0.25, -0.2) is 9.79 Å². The fourth-order valence-corrected chi connectivity index (χ4v) is 6.10. The first-order chi connectivity index (χ1) is 19.8. The summed E-state index contributed by atoms with van der Waals surface area (Å²) < 4.78 is 20.2. The Morgan fingerprint density at radius 3 is 2.54 bits per heavy atom. The van der Waals surface area contributed by atoms with Gasteiger partial charge in [0.2, 0.25) is 0 Å². The molecule has 0 aliphatic carbocycles. The summed E-state index contributed by atoms with van der Waals surface area (Å²) in [6.07, 6.45) is 1.47. The van der Waals surface area contributed by atoms with E-state index in [4.69, 9.17) is 14.2 Å². The fraction of sp³-hybridized carbons (Fsp3) is 0.219. The van der Waals surface area contributed by atoms with Crippen molar-refractivity contribution in [2.75, 3.05) is 7.11 Å². The van der Waals surface area contributed by atoms with E-state index in [1.54, 1.807) is 38.5 Å². The molecule has 0 unspecified atom stereocenters. The van der Waals surface area contributed by atoms with Crippen LogP contribution in [0.5, 0.6) is 11.5 Å². The molecule has 4 aromatic rings. The molecule has 1 aromatic heterocycles. The Labute approximate surface area is 250 Å². The van der Waals surface area contributed by atoms with Crippen LogP contribution in [0.2, 0.25) is 0 Å². The van der Waals surface area contributed by atoms with Gasteiger partial charge in [-0.15, -0.1) is 0 Å². The van der Waals surface area contributed by atoms with Gasteiger partial charge in [0.05, 0.1) is 29.0 Å². The largest absolute Gasteiger partial charge is 0.496 e. The smallest absolute Gasteiger partial charge is 0.338 e. The lowest BCUT2D eigenvalue weighted by Gasteiger charge is -2.26. The summed E-state index contributed by atoms with van der Waals surface area (Å²) in [5.41, 5.74) is 2.95. The number of para-hydroxylation sites is 1. The summed E-state index contributed by atoms with van der Waals surface area (Å²) >= 11 is 4.80. The molecule has 9 heteroatoms. The van der Waals surface area contributed by atoms with Crippen LogP contribution in [-0.2, 0) is 16.1 Å². The Hall–Kier alpha value is -3.95. The number of thiazole rings is 1. The average Bonchev–Trinajstić information content (AvgIpc) is 3.25. The van der Waals surface area contributed by atoms with Crippen molar-refractivity contribution in [3.8, 4) is 11.5 Å². The Morgan fingerprint density at radius 2 is 1.80 bits per heavy atom. The number of fused-ring (bicyclic) bond motifs is 1. The third-order valence-electron chi connectivity index (χ3n) is 6.51. The van der Waals surface area contributed by atoms with Crippen LogP contribution in [0.15, 0.2) is 98.3 Å². The topological polar surface area (TPSA) is 79.1 Å². The molecule has 0 fully saturated rings. The second kappa shape index (κ2) is 12.3. The van der Waals surface area contributed by atoms with E-state index in [9.17, 15) is 9.59 Å². The molecule has 5 rings (SSSR count). The molecule has 1 atom stereocenters. The van der Waals surface area contributed by atoms with Crippen molar-refractivity contribution in [2.24, 2.45) is 4.99 Å². The van der Waals surface area contributed by atoms with Gasteiger partial charge in [-0.05, 0) is 56.7 Å². The van der Waals surface area contributed by atoms with Crippen LogP contribution < -0.4 is 24.4 Å². The molecule has 0 amide bonds. The zero-order chi connectivity index (χ0) is 29.1. The predicted molar refractivity (Wildman–Crippen MR) is 163 cm³/mol. The van der Waals surface area contributed by atoms with Crippen LogP contribution >= 0.6 is 27.3 Å². The van der Waals surface area contributed by atoms with Crippen molar-refractivity contribution >= 4 is 39.3 Å². The van der Waals surface area contributed by atoms with Crippen LogP contribution in [0.25, 0.3) is 6.08 Å². The molecule has 0 saturated carbocycles. The number of methoxy groups -OCH3 is 1. The standard InChI is InChI=1S/C32H29BrN2O5S/c1-19(2)40-31(37)28-20(3)34-32-35(29(28)24-17-23(33)14-15-26(24)38-4)30(36)27(41-32)16-22-12-8-9-13-25(22)39-18-21-10-6-5-7-11-21/h5-17,19,29H,18H2,1-4H3/b27-16-/t29-/m0/s1. The van der Waals surface area contributed by atoms with Gasteiger partial charge >= 0.3 is 5.97 Å². The van der Waals surface area contributed by atoms with Crippen molar-refractivity contribution in [3.63, 3.8) is 0 Å². The summed E-state index contributed by atoms with van der Waals surface area (Å²) in [5.74, 6) is 0.670. The maximum Gasteiger partial charge on any atom is 0.338 e. The lowest BCUT2D eigenvalue weighted by atomic mass is 9.95. The number of aromatic nitrogens is 1. The summed E-state index contributed by atoms with van der Waals surface area (Å²) in [6, 6.07) is 22.2. The predicted octanol–water partition coefficient (Wildman–Crippen LogP) is 5.54. The lowest BCUT2D eigenvalue weighted by Crippen LogP contribution is -2.40. The van der Waals surface area contributed by atoms with Crippen LogP contribution in [-0.4, -0.2) is 23.8 Å². The molecule has 7 nitrogen and oxygen atoms in total. The third-order valence-corrected chi connectivity index (χ3v) is 7.99. The third kappa shape index (κ3) is 6.06. The minimum atomic E-state index is -0.795. The van der Waals surface area contributed by atoms with Crippen molar-refractivity contribution in [1.82, 2.24) is 4.57 Å². The highest BCUT2D eigenvalue weighted by atomic mass is 79.9. The van der Waals surface area contributed by atoms with E-state index in [2.05, 4.69) is 20.9 Å². The first kappa shape index (κ1) is 28.6. The van der Waals surface area contributed by atoms with E-state index in [1.807, 2.05) is 72.8 Å². The second-order valence-electron chi connectivity index (χ2n) is 9.73. The number of allylic oxidation sites excluding steroid dienone is 1. The highest BCUT2D eigenvalue weighted by Crippen LogP contribution is 2.37. The van der Waals surface area contributed by atoms with Gasteiger partial charge < -0.3 is 14.2 Å². The van der Waals surface area contributed by atoms with Crippen LogP contribution in [0.1, 0.15) is 43.5 Å². The molecule has 210 valence electrons. The Bertz CT molecular complexity index is 1810. The van der Waals surface area contributed by atoms with Gasteiger partial charge in [-0.3, -0.25) is 9.36 Å². The van der Waals surface area contributed by atoms with E-state index < -0.39 is 12.0 Å². The number of benzene rings is 3. The second-order valence-corrected chi connectivity index (χ2v) is 11.7. The van der Waals surface area contributed by atoms with Crippen molar-refractivity contribution in [3.05, 3.63) is 125 Å². The molecule has 0 saturated heterocycles. The minimum absolute atomic E-state index is 0.277. The number of halogens is 1. The van der Waals surface area contributed by atoms with Gasteiger partial charge in [0.25, 0.3) is 5.56 Å². The van der Waals surface area contributed by atoms with E-state index in [1.165, 1.54) is 11.3 Å². The van der Waals surface area contributed by atoms with Crippen LogP contribution in [0, 0.1) is 0 Å². The van der Waals surface area contributed by atoms with Crippen molar-refractivity contribution < 1.29 is 19.0 Å². The zero-order valence-corrected chi connectivity index (χ0v) is 25.5. The fourth-order valence-electron chi connectivity index (χ4n) is 4.68. The number of nitrogens with zero attached hydrogens (tertiary/aromatic N) is 2. The number of esters is 1. The van der Waals surface area contributed by atoms with E-state index in [0.29, 0.717) is 44.3 Å². The zero-order valence-electron chi connectivity index (χ0n) is 23.1. The summed E-state index contributed by atoms with van der Waals surface area (Å²) in [6.45, 7) is 5.73. The van der Waals surface area contributed by atoms with Crippen LogP contribution in [0.3, 0.4) is 0 Å². The summed E-state index contributed by atoms with van der Waals surface area (Å²) in [7, 11) is 1.56. The summed E-state index contributed by atoms with van der Waals surface area (Å²) in [5, 5.41) is 0.